The van der Waals surface area contributed by atoms with E-state index in [2.05, 4.69) is 15.4 Å². The molecule has 2 aromatic carbocycles. The van der Waals surface area contributed by atoms with Gasteiger partial charge in [0.25, 0.3) is 0 Å². The molecule has 4 N–H and O–H groups in total. The van der Waals surface area contributed by atoms with E-state index in [0.717, 1.165) is 42.9 Å². The predicted octanol–water partition coefficient (Wildman–Crippen LogP) is 4.21. The Morgan fingerprint density at radius 2 is 1.58 bits per heavy atom. The second-order valence-electron chi connectivity index (χ2n) is 10.6. The topological polar surface area (TPSA) is 137 Å². The van der Waals surface area contributed by atoms with E-state index in [1.807, 2.05) is 45.0 Å². The van der Waals surface area contributed by atoms with Crippen LogP contribution in [0.5, 0.6) is 0 Å². The number of rotatable bonds is 18. The number of hydrogen-bond donors (Lipinski definition) is 3. The van der Waals surface area contributed by atoms with Crippen molar-refractivity contribution in [2.75, 3.05) is 19.4 Å². The van der Waals surface area contributed by atoms with E-state index in [4.69, 9.17) is 10.5 Å². The van der Waals surface area contributed by atoms with Crippen molar-refractivity contribution < 1.29 is 36.3 Å². The summed E-state index contributed by atoms with van der Waals surface area (Å²) < 4.78 is 64.6. The Bertz CT molecular complexity index is 1270. The Balaban J connectivity index is 2.30. The SMILES string of the molecule is CCCC(CCC)S(=O)(=O)C[C@@H](NC(=O)OC)C(=O)O[C@H](CNCc1cccc(CC)c1)[C@@H](N)Cc1cc(F)cc(F)c1. The van der Waals surface area contributed by atoms with Crippen LogP contribution in [0, 0.1) is 11.6 Å². The van der Waals surface area contributed by atoms with Crippen molar-refractivity contribution in [1.29, 1.82) is 0 Å². The number of carbonyl (C=O) groups is 2. The normalized spacial score (nSPS) is 13.8. The molecule has 0 aliphatic rings. The number of nitrogens with one attached hydrogen (secondary N) is 2. The zero-order valence-corrected chi connectivity index (χ0v) is 26.2. The number of ether oxygens (including phenoxy) is 2. The van der Waals surface area contributed by atoms with E-state index >= 15 is 0 Å². The Hall–Kier alpha value is -3.09. The van der Waals surface area contributed by atoms with Gasteiger partial charge in [-0.1, -0.05) is 57.9 Å². The number of alkyl carbamates (subject to hydrolysis) is 1. The fraction of sp³-hybridized carbons (Fsp3) is 0.548. The highest BCUT2D eigenvalue weighted by Gasteiger charge is 2.35. The number of carbonyl (C=O) groups excluding carboxylic acids is 2. The molecule has 0 aromatic heterocycles. The molecule has 0 spiro atoms. The molecule has 0 heterocycles. The summed E-state index contributed by atoms with van der Waals surface area (Å²) in [5.41, 5.74) is 8.81. The minimum absolute atomic E-state index is 0.0396. The summed E-state index contributed by atoms with van der Waals surface area (Å²) in [5, 5.41) is 4.81. The van der Waals surface area contributed by atoms with Crippen LogP contribution in [0.15, 0.2) is 42.5 Å². The van der Waals surface area contributed by atoms with E-state index in [1.54, 1.807) is 0 Å². The van der Waals surface area contributed by atoms with E-state index in [0.29, 0.717) is 32.2 Å². The van der Waals surface area contributed by atoms with E-state index < -0.39 is 62.7 Å². The molecule has 0 bridgehead atoms. The van der Waals surface area contributed by atoms with Crippen LogP contribution in [0.3, 0.4) is 0 Å². The fourth-order valence-corrected chi connectivity index (χ4v) is 6.99. The van der Waals surface area contributed by atoms with Crippen molar-refractivity contribution in [2.45, 2.75) is 89.3 Å². The van der Waals surface area contributed by atoms with Gasteiger partial charge in [0.1, 0.15) is 23.8 Å². The van der Waals surface area contributed by atoms with Gasteiger partial charge < -0.3 is 25.8 Å². The molecule has 0 saturated heterocycles. The highest BCUT2D eigenvalue weighted by atomic mass is 32.2. The highest BCUT2D eigenvalue weighted by Crippen LogP contribution is 2.18. The Morgan fingerprint density at radius 3 is 2.16 bits per heavy atom. The Morgan fingerprint density at radius 1 is 0.953 bits per heavy atom. The van der Waals surface area contributed by atoms with Crippen LogP contribution in [0.1, 0.15) is 63.1 Å². The van der Waals surface area contributed by atoms with Crippen molar-refractivity contribution in [1.82, 2.24) is 10.6 Å². The molecule has 0 radical (unpaired) electrons. The molecule has 0 unspecified atom stereocenters. The van der Waals surface area contributed by atoms with Gasteiger partial charge in [0.15, 0.2) is 9.84 Å². The third kappa shape index (κ3) is 12.2. The molecule has 3 atom stereocenters. The van der Waals surface area contributed by atoms with Crippen LogP contribution < -0.4 is 16.4 Å². The van der Waals surface area contributed by atoms with Crippen molar-refractivity contribution in [3.8, 4) is 0 Å². The number of sulfone groups is 1. The number of benzene rings is 2. The summed E-state index contributed by atoms with van der Waals surface area (Å²) in [7, 11) is -2.73. The summed E-state index contributed by atoms with van der Waals surface area (Å²) in [4.78, 5) is 25.5. The Labute approximate surface area is 253 Å². The molecular formula is C31H45F2N3O6S. The smallest absolute Gasteiger partial charge is 0.407 e. The number of methoxy groups -OCH3 is 1. The minimum Gasteiger partial charge on any atom is -0.458 e. The number of aryl methyl sites for hydroxylation is 1. The van der Waals surface area contributed by atoms with E-state index in [1.165, 1.54) is 0 Å². The first kappa shape index (κ1) is 36.1. The zero-order chi connectivity index (χ0) is 32.0. The van der Waals surface area contributed by atoms with Crippen molar-refractivity contribution in [2.24, 2.45) is 5.73 Å². The van der Waals surface area contributed by atoms with E-state index in [9.17, 15) is 26.8 Å². The lowest BCUT2D eigenvalue weighted by Gasteiger charge is -2.28. The van der Waals surface area contributed by atoms with Crippen LogP contribution in [-0.4, -0.2) is 63.3 Å². The van der Waals surface area contributed by atoms with Crippen molar-refractivity contribution >= 4 is 21.9 Å². The van der Waals surface area contributed by atoms with Crippen LogP contribution in [-0.2, 0) is 43.5 Å². The maximum Gasteiger partial charge on any atom is 0.407 e. The predicted molar refractivity (Wildman–Crippen MR) is 162 cm³/mol. The van der Waals surface area contributed by atoms with Crippen molar-refractivity contribution in [3.63, 3.8) is 0 Å². The third-order valence-corrected chi connectivity index (χ3v) is 9.39. The summed E-state index contributed by atoms with van der Waals surface area (Å²) in [6, 6.07) is 8.45. The second-order valence-corrected chi connectivity index (χ2v) is 13.0. The summed E-state index contributed by atoms with van der Waals surface area (Å²) in [5.74, 6) is -3.24. The van der Waals surface area contributed by atoms with Crippen LogP contribution in [0.2, 0.25) is 0 Å². The molecule has 1 amide bonds. The van der Waals surface area contributed by atoms with Gasteiger partial charge in [0.2, 0.25) is 0 Å². The molecule has 9 nitrogen and oxygen atoms in total. The standard InChI is InChI=1S/C31H45F2N3O6S/c1-5-9-26(10-6-2)43(39,40)20-28(36-31(38)41-4)30(37)42-29(19-35-18-22-12-8-11-21(7-3)13-22)27(34)16-23-14-24(32)17-25(33)15-23/h8,11-15,17,26-29,35H,5-7,9-10,16,18-20,34H2,1-4H3,(H,36,38)/t27-,28+,29+/m0/s1. The highest BCUT2D eigenvalue weighted by molar-refractivity contribution is 7.92. The molecule has 240 valence electrons. The van der Waals surface area contributed by atoms with Gasteiger partial charge in [-0.2, -0.15) is 0 Å². The lowest BCUT2D eigenvalue weighted by atomic mass is 10.0. The Kier molecular flexibility index (Phi) is 15.0. The monoisotopic (exact) mass is 625 g/mol. The zero-order valence-electron chi connectivity index (χ0n) is 25.4. The average Bonchev–Trinajstić information content (AvgIpc) is 2.95. The number of hydrogen-bond acceptors (Lipinski definition) is 8. The summed E-state index contributed by atoms with van der Waals surface area (Å²) in [6.45, 7) is 6.25. The number of esters is 1. The first-order chi connectivity index (χ1) is 20.4. The molecule has 0 aliphatic heterocycles. The molecule has 2 aromatic rings. The minimum atomic E-state index is -3.82. The van der Waals surface area contributed by atoms with Gasteiger partial charge >= 0.3 is 12.1 Å². The van der Waals surface area contributed by atoms with E-state index in [-0.39, 0.29) is 18.5 Å². The third-order valence-electron chi connectivity index (χ3n) is 7.10. The molecule has 0 saturated carbocycles. The maximum absolute atomic E-state index is 13.8. The van der Waals surface area contributed by atoms with Gasteiger partial charge in [-0.25, -0.2) is 26.8 Å². The van der Waals surface area contributed by atoms with Gasteiger partial charge in [-0.15, -0.1) is 0 Å². The second kappa shape index (κ2) is 17.9. The van der Waals surface area contributed by atoms with Crippen LogP contribution in [0.4, 0.5) is 13.6 Å². The van der Waals surface area contributed by atoms with Gasteiger partial charge in [0.05, 0.1) is 18.1 Å². The fourth-order valence-electron chi connectivity index (χ4n) is 4.85. The first-order valence-corrected chi connectivity index (χ1v) is 16.4. The summed E-state index contributed by atoms with van der Waals surface area (Å²) in [6.07, 6.45) is 0.875. The average molecular weight is 626 g/mol. The number of halogens is 2. The number of nitrogens with two attached hydrogens (primary N) is 1. The number of amides is 1. The lowest BCUT2D eigenvalue weighted by molar-refractivity contribution is -0.151. The maximum atomic E-state index is 13.8. The van der Waals surface area contributed by atoms with Gasteiger partial charge in [-0.05, 0) is 54.5 Å². The van der Waals surface area contributed by atoms with Gasteiger partial charge in [0, 0.05) is 25.2 Å². The van der Waals surface area contributed by atoms with Crippen LogP contribution >= 0.6 is 0 Å². The molecule has 0 fully saturated rings. The first-order valence-electron chi connectivity index (χ1n) is 14.7. The molecule has 12 heteroatoms. The van der Waals surface area contributed by atoms with Crippen molar-refractivity contribution in [3.05, 3.63) is 70.8 Å². The summed E-state index contributed by atoms with van der Waals surface area (Å²) >= 11 is 0. The lowest BCUT2D eigenvalue weighted by Crippen LogP contribution is -2.52. The largest absolute Gasteiger partial charge is 0.458 e. The van der Waals surface area contributed by atoms with Gasteiger partial charge in [-0.3, -0.25) is 0 Å². The molecule has 2 rings (SSSR count). The molecule has 43 heavy (non-hydrogen) atoms. The van der Waals surface area contributed by atoms with Crippen LogP contribution in [0.25, 0.3) is 0 Å². The molecular weight excluding hydrogens is 580 g/mol. The molecule has 0 aliphatic carbocycles. The quantitative estimate of drug-likeness (QED) is 0.210.